The minimum Gasteiger partial charge on any atom is -1.00 e. The molecule has 3 aromatic carbocycles. The lowest BCUT2D eigenvalue weighted by atomic mass is 10.0. The third kappa shape index (κ3) is 6.48. The molecule has 0 unspecified atom stereocenters. The highest BCUT2D eigenvalue weighted by Gasteiger charge is 2.22. The first-order chi connectivity index (χ1) is 16.5. The van der Waals surface area contributed by atoms with Crippen LogP contribution in [0.2, 0.25) is 0 Å². The Labute approximate surface area is 202 Å². The second-order valence-corrected chi connectivity index (χ2v) is 7.64. The minimum absolute atomic E-state index is 0. The summed E-state index contributed by atoms with van der Waals surface area (Å²) in [6.07, 6.45) is 10.6. The molecule has 0 saturated heterocycles. The SMILES string of the molecule is C[N+]1=CC(=CC=C2C=C(c3ccccc3)C=C(c3ccccc3)O2)c2ccccc21.FB(F)F.[F-]. The number of benzene rings is 3. The zero-order valence-electron chi connectivity index (χ0n) is 18.9. The van der Waals surface area contributed by atoms with Gasteiger partial charge in [-0.15, -0.1) is 0 Å². The second kappa shape index (κ2) is 11.8. The Hall–Kier alpha value is -4.13. The van der Waals surface area contributed by atoms with E-state index in [4.69, 9.17) is 4.74 Å². The average Bonchev–Trinajstić information content (AvgIpc) is 3.19. The maximum Gasteiger partial charge on any atom is 0.762 e. The molecule has 0 atom stereocenters. The van der Waals surface area contributed by atoms with Gasteiger partial charge in [-0.25, -0.2) is 4.58 Å². The fourth-order valence-electron chi connectivity index (χ4n) is 3.82. The van der Waals surface area contributed by atoms with E-state index >= 15 is 0 Å². The van der Waals surface area contributed by atoms with Gasteiger partial charge < -0.3 is 9.44 Å². The molecule has 35 heavy (non-hydrogen) atoms. The highest BCUT2D eigenvalue weighted by atomic mass is 19.4. The standard InChI is InChI=1S/C28H22NO.BF3.FH/c1-29-20-23(26-14-8-9-15-27(26)29)16-17-25-18-24(21-10-4-2-5-11-21)19-28(30-25)22-12-6-3-7-13-22;2-1(3)4;/h2-20H,1H3;;1H/q+1;;/p-1. The van der Waals surface area contributed by atoms with Crippen LogP contribution in [0.5, 0.6) is 0 Å². The number of rotatable bonds is 3. The average molecular weight is 475 g/mol. The number of hydrogen-bond acceptors (Lipinski definition) is 1. The molecule has 0 amide bonds. The quantitative estimate of drug-likeness (QED) is 0.312. The summed E-state index contributed by atoms with van der Waals surface area (Å²) in [7, 11) is -1.59. The Morgan fingerprint density at radius 1 is 0.743 bits per heavy atom. The topological polar surface area (TPSA) is 12.2 Å². The van der Waals surface area contributed by atoms with Crippen molar-refractivity contribution in [2.75, 3.05) is 7.05 Å². The normalized spacial score (nSPS) is 16.1. The van der Waals surface area contributed by atoms with E-state index in [2.05, 4.69) is 103 Å². The second-order valence-electron chi connectivity index (χ2n) is 7.64. The van der Waals surface area contributed by atoms with Crippen LogP contribution in [0.4, 0.5) is 18.6 Å². The summed E-state index contributed by atoms with van der Waals surface area (Å²) >= 11 is 0. The summed E-state index contributed by atoms with van der Waals surface area (Å²) in [6.45, 7) is 0. The molecule has 0 aromatic heterocycles. The fourth-order valence-corrected chi connectivity index (χ4v) is 3.82. The van der Waals surface area contributed by atoms with Crippen molar-refractivity contribution in [3.8, 4) is 0 Å². The molecular weight excluding hydrogens is 453 g/mol. The van der Waals surface area contributed by atoms with Crippen molar-refractivity contribution in [1.82, 2.24) is 0 Å². The highest BCUT2D eigenvalue weighted by Crippen LogP contribution is 2.33. The molecule has 0 fully saturated rings. The predicted octanol–water partition coefficient (Wildman–Crippen LogP) is 4.35. The van der Waals surface area contributed by atoms with Gasteiger partial charge in [-0.1, -0.05) is 72.8 Å². The first kappa shape index (κ1) is 25.5. The zero-order valence-corrected chi connectivity index (χ0v) is 18.9. The molecule has 2 heterocycles. The Balaban J connectivity index is 0.000000638. The number of nitrogens with zero attached hydrogens (tertiary/aromatic N) is 1. The smallest absolute Gasteiger partial charge is 0.762 e. The lowest BCUT2D eigenvalue weighted by Gasteiger charge is -2.18. The van der Waals surface area contributed by atoms with Crippen molar-refractivity contribution in [2.24, 2.45) is 0 Å². The molecule has 0 radical (unpaired) electrons. The molecule has 3 aromatic rings. The van der Waals surface area contributed by atoms with E-state index in [1.807, 2.05) is 24.3 Å². The number of ether oxygens (including phenoxy) is 1. The molecule has 0 saturated carbocycles. The molecule has 7 heteroatoms. The number of hydrogen-bond donors (Lipinski definition) is 0. The highest BCUT2D eigenvalue weighted by molar-refractivity contribution is 6.33. The Bertz CT molecular complexity index is 1310. The van der Waals surface area contributed by atoms with Crippen LogP contribution < -0.4 is 4.70 Å². The molecule has 2 nitrogen and oxygen atoms in total. The van der Waals surface area contributed by atoms with Crippen LogP contribution in [0, 0.1) is 0 Å². The molecular formula is C28H22BF4NO. The van der Waals surface area contributed by atoms with E-state index in [1.54, 1.807) is 0 Å². The van der Waals surface area contributed by atoms with E-state index in [9.17, 15) is 12.9 Å². The lowest BCUT2D eigenvalue weighted by Crippen LogP contribution is -3.00. The predicted molar refractivity (Wildman–Crippen MR) is 133 cm³/mol. The molecule has 0 spiro atoms. The largest absolute Gasteiger partial charge is 1.00 e. The van der Waals surface area contributed by atoms with Gasteiger partial charge in [-0.2, -0.15) is 0 Å². The van der Waals surface area contributed by atoms with Crippen LogP contribution in [-0.2, 0) is 4.74 Å². The molecule has 2 aliphatic rings. The van der Waals surface area contributed by atoms with Crippen molar-refractivity contribution < 1.29 is 27.0 Å². The summed E-state index contributed by atoms with van der Waals surface area (Å²) in [5, 5.41) is 0. The third-order valence-corrected chi connectivity index (χ3v) is 5.33. The molecule has 0 bridgehead atoms. The summed E-state index contributed by atoms with van der Waals surface area (Å²) in [4.78, 5) is 0. The van der Waals surface area contributed by atoms with Gasteiger partial charge in [-0.3, -0.25) is 12.9 Å². The van der Waals surface area contributed by atoms with E-state index < -0.39 is 7.54 Å². The maximum atomic E-state index is 9.67. The molecule has 176 valence electrons. The summed E-state index contributed by atoms with van der Waals surface area (Å²) in [5.41, 5.74) is 7.00. The Morgan fingerprint density at radius 2 is 1.31 bits per heavy atom. The fraction of sp³-hybridized carbons (Fsp3) is 0.0357. The van der Waals surface area contributed by atoms with Crippen molar-refractivity contribution in [2.45, 2.75) is 0 Å². The molecule has 2 aliphatic heterocycles. The monoisotopic (exact) mass is 475 g/mol. The molecule has 0 N–H and O–H groups in total. The van der Waals surface area contributed by atoms with Crippen LogP contribution in [0.3, 0.4) is 0 Å². The number of para-hydroxylation sites is 1. The van der Waals surface area contributed by atoms with Crippen molar-refractivity contribution in [1.29, 1.82) is 0 Å². The van der Waals surface area contributed by atoms with Crippen LogP contribution in [0.15, 0.2) is 115 Å². The van der Waals surface area contributed by atoms with Gasteiger partial charge in [0.25, 0.3) is 0 Å². The van der Waals surface area contributed by atoms with Gasteiger partial charge in [0.2, 0.25) is 5.69 Å². The summed E-state index contributed by atoms with van der Waals surface area (Å²) in [6, 6.07) is 29.1. The first-order valence-corrected chi connectivity index (χ1v) is 10.7. The van der Waals surface area contributed by atoms with Gasteiger partial charge in [0.15, 0.2) is 6.21 Å². The third-order valence-electron chi connectivity index (χ3n) is 5.33. The van der Waals surface area contributed by atoms with E-state index in [0.29, 0.717) is 0 Å². The summed E-state index contributed by atoms with van der Waals surface area (Å²) < 4.78 is 37.4. The summed E-state index contributed by atoms with van der Waals surface area (Å²) in [5.74, 6) is 1.68. The minimum atomic E-state index is -3.67. The van der Waals surface area contributed by atoms with Gasteiger partial charge in [0.1, 0.15) is 18.6 Å². The van der Waals surface area contributed by atoms with Crippen LogP contribution in [-0.4, -0.2) is 25.4 Å². The van der Waals surface area contributed by atoms with E-state index in [-0.39, 0.29) is 4.70 Å². The van der Waals surface area contributed by atoms with E-state index in [0.717, 1.165) is 22.7 Å². The van der Waals surface area contributed by atoms with Crippen molar-refractivity contribution >= 4 is 36.4 Å². The van der Waals surface area contributed by atoms with Gasteiger partial charge in [0, 0.05) is 11.6 Å². The lowest BCUT2D eigenvalue weighted by molar-refractivity contribution is -0.395. The van der Waals surface area contributed by atoms with Gasteiger partial charge in [0.05, 0.1) is 11.1 Å². The maximum absolute atomic E-state index is 9.67. The molecule has 0 aliphatic carbocycles. The Kier molecular flexibility index (Phi) is 8.62. The number of halogens is 4. The zero-order chi connectivity index (χ0) is 23.9. The van der Waals surface area contributed by atoms with Crippen molar-refractivity contribution in [3.05, 3.63) is 132 Å². The number of fused-ring (bicyclic) bond motifs is 1. The van der Waals surface area contributed by atoms with E-state index in [1.165, 1.54) is 22.4 Å². The van der Waals surface area contributed by atoms with Gasteiger partial charge >= 0.3 is 7.54 Å². The van der Waals surface area contributed by atoms with Crippen LogP contribution in [0.1, 0.15) is 16.7 Å². The number of allylic oxidation sites excluding steroid dienone is 6. The first-order valence-electron chi connectivity index (χ1n) is 10.7. The molecule has 5 rings (SSSR count). The Morgan fingerprint density at radius 3 is 1.97 bits per heavy atom. The van der Waals surface area contributed by atoms with Gasteiger partial charge in [-0.05, 0) is 41.5 Å². The van der Waals surface area contributed by atoms with Crippen LogP contribution >= 0.6 is 0 Å². The van der Waals surface area contributed by atoms with Crippen molar-refractivity contribution in [3.63, 3.8) is 0 Å². The van der Waals surface area contributed by atoms with Crippen LogP contribution in [0.25, 0.3) is 16.9 Å².